The highest BCUT2D eigenvalue weighted by molar-refractivity contribution is 6.32. The van der Waals surface area contributed by atoms with E-state index in [-0.39, 0.29) is 6.10 Å². The first-order chi connectivity index (χ1) is 7.65. The minimum absolute atomic E-state index is 0.174. The van der Waals surface area contributed by atoms with Crippen LogP contribution < -0.4 is 10.5 Å². The molecule has 0 bridgehead atoms. The van der Waals surface area contributed by atoms with E-state index in [1.54, 1.807) is 18.2 Å². The average molecular weight is 242 g/mol. The SMILES string of the molecule is CC1CCC(COc2cc(N)ccc2Cl)O1. The Hall–Kier alpha value is -0.930. The Morgan fingerprint density at radius 2 is 2.31 bits per heavy atom. The zero-order valence-electron chi connectivity index (χ0n) is 9.28. The average Bonchev–Trinajstić information content (AvgIpc) is 2.66. The second kappa shape index (κ2) is 4.93. The predicted molar refractivity (Wildman–Crippen MR) is 64.9 cm³/mol. The summed E-state index contributed by atoms with van der Waals surface area (Å²) in [5.41, 5.74) is 6.32. The number of hydrogen-bond donors (Lipinski definition) is 1. The van der Waals surface area contributed by atoms with Gasteiger partial charge in [-0.05, 0) is 31.9 Å². The number of ether oxygens (including phenoxy) is 2. The van der Waals surface area contributed by atoms with E-state index in [0.717, 1.165) is 12.8 Å². The van der Waals surface area contributed by atoms with Crippen LogP contribution in [0.25, 0.3) is 0 Å². The highest BCUT2D eigenvalue weighted by Crippen LogP contribution is 2.28. The van der Waals surface area contributed by atoms with Crippen LogP contribution in [0, 0.1) is 0 Å². The summed E-state index contributed by atoms with van der Waals surface area (Å²) < 4.78 is 11.3. The Bertz CT molecular complexity index is 370. The molecule has 2 N–H and O–H groups in total. The van der Waals surface area contributed by atoms with E-state index in [4.69, 9.17) is 26.8 Å². The number of nitrogens with two attached hydrogens (primary N) is 1. The van der Waals surface area contributed by atoms with E-state index in [2.05, 4.69) is 6.92 Å². The Morgan fingerprint density at radius 3 is 3.00 bits per heavy atom. The lowest BCUT2D eigenvalue weighted by atomic mass is 10.2. The molecule has 1 heterocycles. The molecule has 4 heteroatoms. The maximum absolute atomic E-state index is 5.99. The molecule has 1 fully saturated rings. The van der Waals surface area contributed by atoms with Crippen molar-refractivity contribution in [3.05, 3.63) is 23.2 Å². The third-order valence-corrected chi connectivity index (χ3v) is 3.01. The van der Waals surface area contributed by atoms with Gasteiger partial charge in [-0.15, -0.1) is 0 Å². The van der Waals surface area contributed by atoms with Crippen molar-refractivity contribution in [3.63, 3.8) is 0 Å². The standard InChI is InChI=1S/C12H16ClNO2/c1-8-2-4-10(16-8)7-15-12-6-9(14)3-5-11(12)13/h3,5-6,8,10H,2,4,7,14H2,1H3. The summed E-state index contributed by atoms with van der Waals surface area (Å²) in [4.78, 5) is 0. The number of anilines is 1. The molecule has 0 aromatic heterocycles. The van der Waals surface area contributed by atoms with Gasteiger partial charge in [-0.3, -0.25) is 0 Å². The summed E-state index contributed by atoms with van der Waals surface area (Å²) in [6.45, 7) is 2.61. The van der Waals surface area contributed by atoms with E-state index < -0.39 is 0 Å². The third kappa shape index (κ3) is 2.80. The van der Waals surface area contributed by atoms with Crippen LogP contribution in [0.4, 0.5) is 5.69 Å². The van der Waals surface area contributed by atoms with Crippen LogP contribution in [-0.2, 0) is 4.74 Å². The van der Waals surface area contributed by atoms with Crippen LogP contribution in [0.15, 0.2) is 18.2 Å². The van der Waals surface area contributed by atoms with Crippen LogP contribution in [0.1, 0.15) is 19.8 Å². The monoisotopic (exact) mass is 241 g/mol. The van der Waals surface area contributed by atoms with E-state index >= 15 is 0 Å². The summed E-state index contributed by atoms with van der Waals surface area (Å²) in [7, 11) is 0. The fraction of sp³-hybridized carbons (Fsp3) is 0.500. The van der Waals surface area contributed by atoms with Gasteiger partial charge in [0, 0.05) is 11.8 Å². The van der Waals surface area contributed by atoms with Gasteiger partial charge in [-0.2, -0.15) is 0 Å². The molecule has 16 heavy (non-hydrogen) atoms. The van der Waals surface area contributed by atoms with Gasteiger partial charge in [0.2, 0.25) is 0 Å². The van der Waals surface area contributed by atoms with Crippen LogP contribution >= 0.6 is 11.6 Å². The maximum atomic E-state index is 5.99. The fourth-order valence-electron chi connectivity index (χ4n) is 1.82. The predicted octanol–water partition coefficient (Wildman–Crippen LogP) is 2.87. The van der Waals surface area contributed by atoms with Crippen LogP contribution in [0.3, 0.4) is 0 Å². The van der Waals surface area contributed by atoms with Crippen molar-refractivity contribution < 1.29 is 9.47 Å². The molecule has 0 aliphatic carbocycles. The molecule has 1 saturated heterocycles. The minimum atomic E-state index is 0.174. The fourth-order valence-corrected chi connectivity index (χ4v) is 1.99. The second-order valence-corrected chi connectivity index (χ2v) is 4.55. The molecule has 2 unspecified atom stereocenters. The van der Waals surface area contributed by atoms with E-state index in [0.29, 0.717) is 29.2 Å². The molecule has 88 valence electrons. The van der Waals surface area contributed by atoms with E-state index in [1.807, 2.05) is 0 Å². The number of halogens is 1. The molecular formula is C12H16ClNO2. The van der Waals surface area contributed by atoms with E-state index in [9.17, 15) is 0 Å². The number of benzene rings is 1. The highest BCUT2D eigenvalue weighted by atomic mass is 35.5. The Balaban J connectivity index is 1.91. The molecular weight excluding hydrogens is 226 g/mol. The van der Waals surface area contributed by atoms with Crippen molar-refractivity contribution in [3.8, 4) is 5.75 Å². The largest absolute Gasteiger partial charge is 0.489 e. The summed E-state index contributed by atoms with van der Waals surface area (Å²) in [6, 6.07) is 5.23. The van der Waals surface area contributed by atoms with E-state index in [1.165, 1.54) is 0 Å². The van der Waals surface area contributed by atoms with Crippen LogP contribution in [-0.4, -0.2) is 18.8 Å². The van der Waals surface area contributed by atoms with Crippen molar-refractivity contribution in [1.29, 1.82) is 0 Å². The lowest BCUT2D eigenvalue weighted by Crippen LogP contribution is -2.18. The van der Waals surface area contributed by atoms with Gasteiger partial charge in [-0.25, -0.2) is 0 Å². The van der Waals surface area contributed by atoms with Crippen molar-refractivity contribution in [2.45, 2.75) is 32.0 Å². The smallest absolute Gasteiger partial charge is 0.140 e. The highest BCUT2D eigenvalue weighted by Gasteiger charge is 2.22. The molecule has 1 aromatic rings. The zero-order valence-corrected chi connectivity index (χ0v) is 10.0. The summed E-state index contributed by atoms with van der Waals surface area (Å²) in [5.74, 6) is 0.629. The zero-order chi connectivity index (χ0) is 11.5. The van der Waals surface area contributed by atoms with Crippen molar-refractivity contribution in [2.24, 2.45) is 0 Å². The molecule has 0 spiro atoms. The first-order valence-electron chi connectivity index (χ1n) is 5.48. The first kappa shape index (κ1) is 11.6. The minimum Gasteiger partial charge on any atom is -0.489 e. The number of rotatable bonds is 3. The molecule has 2 atom stereocenters. The topological polar surface area (TPSA) is 44.5 Å². The second-order valence-electron chi connectivity index (χ2n) is 4.15. The molecule has 1 aliphatic heterocycles. The van der Waals surface area contributed by atoms with Crippen molar-refractivity contribution >= 4 is 17.3 Å². The molecule has 1 aromatic carbocycles. The molecule has 0 radical (unpaired) electrons. The number of nitrogen functional groups attached to an aromatic ring is 1. The molecule has 0 saturated carbocycles. The lowest BCUT2D eigenvalue weighted by Gasteiger charge is -2.13. The number of hydrogen-bond acceptors (Lipinski definition) is 3. The van der Waals surface area contributed by atoms with Gasteiger partial charge < -0.3 is 15.2 Å². The molecule has 2 rings (SSSR count). The third-order valence-electron chi connectivity index (χ3n) is 2.70. The van der Waals surface area contributed by atoms with Gasteiger partial charge in [0.05, 0.1) is 17.2 Å². The Kier molecular flexibility index (Phi) is 3.56. The molecule has 3 nitrogen and oxygen atoms in total. The van der Waals surface area contributed by atoms with Crippen molar-refractivity contribution in [2.75, 3.05) is 12.3 Å². The first-order valence-corrected chi connectivity index (χ1v) is 5.86. The lowest BCUT2D eigenvalue weighted by molar-refractivity contribution is 0.0265. The van der Waals surface area contributed by atoms with Gasteiger partial charge in [0.15, 0.2) is 0 Å². The molecule has 0 amide bonds. The summed E-state index contributed by atoms with van der Waals surface area (Å²) >= 11 is 5.99. The van der Waals surface area contributed by atoms with Crippen molar-refractivity contribution in [1.82, 2.24) is 0 Å². The van der Waals surface area contributed by atoms with Gasteiger partial charge in [-0.1, -0.05) is 11.6 Å². The van der Waals surface area contributed by atoms with Crippen LogP contribution in [0.2, 0.25) is 5.02 Å². The van der Waals surface area contributed by atoms with Gasteiger partial charge in [0.1, 0.15) is 12.4 Å². The Labute approximate surface area is 100 Å². The summed E-state index contributed by atoms with van der Waals surface area (Å²) in [5, 5.41) is 0.584. The van der Waals surface area contributed by atoms with Crippen LogP contribution in [0.5, 0.6) is 5.75 Å². The normalized spacial score (nSPS) is 24.6. The van der Waals surface area contributed by atoms with Gasteiger partial charge in [0.25, 0.3) is 0 Å². The maximum Gasteiger partial charge on any atom is 0.140 e. The van der Waals surface area contributed by atoms with Gasteiger partial charge >= 0.3 is 0 Å². The summed E-state index contributed by atoms with van der Waals surface area (Å²) in [6.07, 6.45) is 2.65. The Morgan fingerprint density at radius 1 is 1.50 bits per heavy atom. The molecule has 1 aliphatic rings. The quantitative estimate of drug-likeness (QED) is 0.828.